The Morgan fingerprint density at radius 1 is 1.62 bits per heavy atom. The molecule has 0 saturated carbocycles. The molecule has 2 aliphatic rings. The lowest BCUT2D eigenvalue weighted by Crippen LogP contribution is -2.46. The Bertz CT molecular complexity index is 208. The monoisotopic (exact) mass is 202 g/mol. The number of hydrogen-bond donors (Lipinski definition) is 1. The minimum Gasteiger partial charge on any atom is -0.354 e. The van der Waals surface area contributed by atoms with Crippen LogP contribution in [0.15, 0.2) is 0 Å². The van der Waals surface area contributed by atoms with Gasteiger partial charge in [-0.25, -0.2) is 0 Å². The lowest BCUT2D eigenvalue weighted by Gasteiger charge is -2.35. The third-order valence-electron chi connectivity index (χ3n) is 3.09. The average molecular weight is 203 g/mol. The van der Waals surface area contributed by atoms with E-state index in [9.17, 15) is 4.79 Å². The molecule has 2 heterocycles. The van der Waals surface area contributed by atoms with Crippen molar-refractivity contribution in [3.05, 3.63) is 0 Å². The molecule has 2 atom stereocenters. The summed E-state index contributed by atoms with van der Waals surface area (Å²) in [5.74, 6) is 1.14. The highest BCUT2D eigenvalue weighted by atomic mass is 35.5. The lowest BCUT2D eigenvalue weighted by molar-refractivity contribution is -0.124. The standard InChI is InChI=1S/C9H15ClN2O/c10-3-5-12-4-1-2-7-8(12)6-11-9(7)13/h7-8H,1-6H2,(H,11,13). The molecule has 0 aromatic heterocycles. The van der Waals surface area contributed by atoms with Crippen LogP contribution in [0.25, 0.3) is 0 Å². The van der Waals surface area contributed by atoms with Gasteiger partial charge >= 0.3 is 0 Å². The van der Waals surface area contributed by atoms with Crippen molar-refractivity contribution >= 4 is 17.5 Å². The number of piperidine rings is 1. The number of nitrogens with one attached hydrogen (secondary N) is 1. The Balaban J connectivity index is 2.02. The number of alkyl halides is 1. The van der Waals surface area contributed by atoms with Crippen molar-refractivity contribution in [1.82, 2.24) is 10.2 Å². The van der Waals surface area contributed by atoms with Gasteiger partial charge in [-0.3, -0.25) is 9.69 Å². The van der Waals surface area contributed by atoms with Crippen LogP contribution in [0.1, 0.15) is 12.8 Å². The number of hydrogen-bond acceptors (Lipinski definition) is 2. The van der Waals surface area contributed by atoms with Gasteiger partial charge in [0.1, 0.15) is 0 Å². The van der Waals surface area contributed by atoms with Crippen LogP contribution in [0.3, 0.4) is 0 Å². The first-order valence-corrected chi connectivity index (χ1v) is 5.44. The zero-order chi connectivity index (χ0) is 9.26. The number of amides is 1. The highest BCUT2D eigenvalue weighted by Gasteiger charge is 2.40. The molecule has 1 N–H and O–H groups in total. The normalized spacial score (nSPS) is 34.4. The van der Waals surface area contributed by atoms with E-state index in [0.717, 1.165) is 32.5 Å². The van der Waals surface area contributed by atoms with Crippen LogP contribution in [0.4, 0.5) is 0 Å². The fourth-order valence-electron chi connectivity index (χ4n) is 2.43. The van der Waals surface area contributed by atoms with Gasteiger partial charge in [0, 0.05) is 25.0 Å². The molecule has 2 rings (SSSR count). The van der Waals surface area contributed by atoms with E-state index in [1.165, 1.54) is 0 Å². The summed E-state index contributed by atoms with van der Waals surface area (Å²) in [5.41, 5.74) is 0. The second-order valence-corrected chi connectivity index (χ2v) is 4.16. The predicted octanol–water partition coefficient (Wildman–Crippen LogP) is 0.436. The molecule has 2 aliphatic heterocycles. The fourth-order valence-corrected chi connectivity index (χ4v) is 2.64. The highest BCUT2D eigenvalue weighted by Crippen LogP contribution is 2.26. The van der Waals surface area contributed by atoms with Gasteiger partial charge in [0.15, 0.2) is 0 Å². The molecule has 0 aliphatic carbocycles. The molecular weight excluding hydrogens is 188 g/mol. The van der Waals surface area contributed by atoms with Gasteiger partial charge in [-0.15, -0.1) is 11.6 Å². The van der Waals surface area contributed by atoms with Gasteiger partial charge in [0.2, 0.25) is 5.91 Å². The topological polar surface area (TPSA) is 32.3 Å². The summed E-state index contributed by atoms with van der Waals surface area (Å²) in [6.45, 7) is 2.83. The van der Waals surface area contributed by atoms with Gasteiger partial charge in [-0.05, 0) is 19.4 Å². The Labute approximate surface area is 83.4 Å². The maximum atomic E-state index is 11.4. The van der Waals surface area contributed by atoms with Gasteiger partial charge in [0.05, 0.1) is 5.92 Å². The summed E-state index contributed by atoms with van der Waals surface area (Å²) in [6, 6.07) is 0.417. The van der Waals surface area contributed by atoms with E-state index in [-0.39, 0.29) is 11.8 Å². The largest absolute Gasteiger partial charge is 0.354 e. The molecule has 3 nitrogen and oxygen atoms in total. The van der Waals surface area contributed by atoms with Crippen molar-refractivity contribution in [2.75, 3.05) is 25.5 Å². The van der Waals surface area contributed by atoms with Gasteiger partial charge in [0.25, 0.3) is 0 Å². The van der Waals surface area contributed by atoms with Crippen molar-refractivity contribution in [3.8, 4) is 0 Å². The molecule has 2 unspecified atom stereocenters. The number of carbonyl (C=O) groups is 1. The molecule has 74 valence electrons. The third kappa shape index (κ3) is 1.67. The zero-order valence-electron chi connectivity index (χ0n) is 7.63. The van der Waals surface area contributed by atoms with E-state index in [4.69, 9.17) is 11.6 Å². The minimum absolute atomic E-state index is 0.233. The first-order valence-electron chi connectivity index (χ1n) is 4.90. The minimum atomic E-state index is 0.233. The maximum absolute atomic E-state index is 11.4. The average Bonchev–Trinajstić information content (AvgIpc) is 2.50. The Hall–Kier alpha value is -0.280. The van der Waals surface area contributed by atoms with Crippen LogP contribution < -0.4 is 5.32 Å². The number of halogens is 1. The Morgan fingerprint density at radius 3 is 3.23 bits per heavy atom. The highest BCUT2D eigenvalue weighted by molar-refractivity contribution is 6.18. The molecule has 2 saturated heterocycles. The Morgan fingerprint density at radius 2 is 2.46 bits per heavy atom. The van der Waals surface area contributed by atoms with Crippen LogP contribution in [0.5, 0.6) is 0 Å². The van der Waals surface area contributed by atoms with Crippen LogP contribution >= 0.6 is 11.6 Å². The molecule has 0 bridgehead atoms. The summed E-state index contributed by atoms with van der Waals surface area (Å²) in [6.07, 6.45) is 2.18. The second-order valence-electron chi connectivity index (χ2n) is 3.79. The molecule has 0 aromatic carbocycles. The summed E-state index contributed by atoms with van der Waals surface area (Å²) in [5, 5.41) is 2.93. The van der Waals surface area contributed by atoms with E-state index in [2.05, 4.69) is 10.2 Å². The first kappa shape index (κ1) is 9.28. The molecular formula is C9H15ClN2O. The second kappa shape index (κ2) is 3.84. The molecule has 2 fully saturated rings. The first-order chi connectivity index (χ1) is 6.33. The van der Waals surface area contributed by atoms with Crippen molar-refractivity contribution < 1.29 is 4.79 Å². The van der Waals surface area contributed by atoms with Crippen molar-refractivity contribution in [2.45, 2.75) is 18.9 Å². The smallest absolute Gasteiger partial charge is 0.224 e. The number of likely N-dealkylation sites (tertiary alicyclic amines) is 1. The van der Waals surface area contributed by atoms with E-state index in [0.29, 0.717) is 11.9 Å². The van der Waals surface area contributed by atoms with Crippen molar-refractivity contribution in [1.29, 1.82) is 0 Å². The van der Waals surface area contributed by atoms with Crippen molar-refractivity contribution in [3.63, 3.8) is 0 Å². The zero-order valence-corrected chi connectivity index (χ0v) is 8.39. The number of rotatable bonds is 2. The van der Waals surface area contributed by atoms with Crippen molar-refractivity contribution in [2.24, 2.45) is 5.92 Å². The maximum Gasteiger partial charge on any atom is 0.224 e. The number of nitrogens with zero attached hydrogens (tertiary/aromatic N) is 1. The van der Waals surface area contributed by atoms with Gasteiger partial charge in [-0.1, -0.05) is 0 Å². The predicted molar refractivity (Wildman–Crippen MR) is 51.8 cm³/mol. The summed E-state index contributed by atoms with van der Waals surface area (Å²) in [4.78, 5) is 13.7. The van der Waals surface area contributed by atoms with Crippen LogP contribution in [-0.2, 0) is 4.79 Å². The number of fused-ring (bicyclic) bond motifs is 1. The number of carbonyl (C=O) groups excluding carboxylic acids is 1. The van der Waals surface area contributed by atoms with Crippen LogP contribution in [0.2, 0.25) is 0 Å². The van der Waals surface area contributed by atoms with E-state index < -0.39 is 0 Å². The van der Waals surface area contributed by atoms with Crippen LogP contribution in [-0.4, -0.2) is 42.4 Å². The van der Waals surface area contributed by atoms with E-state index in [1.807, 2.05) is 0 Å². The molecule has 0 spiro atoms. The van der Waals surface area contributed by atoms with Gasteiger partial charge < -0.3 is 5.32 Å². The molecule has 0 radical (unpaired) electrons. The fraction of sp³-hybridized carbons (Fsp3) is 0.889. The molecule has 0 aromatic rings. The summed E-state index contributed by atoms with van der Waals surface area (Å²) in [7, 11) is 0. The Kier molecular flexibility index (Phi) is 2.74. The van der Waals surface area contributed by atoms with E-state index >= 15 is 0 Å². The van der Waals surface area contributed by atoms with E-state index in [1.54, 1.807) is 0 Å². The SMILES string of the molecule is O=C1NCC2C1CCCN2CCCl. The quantitative estimate of drug-likeness (QED) is 0.659. The van der Waals surface area contributed by atoms with Gasteiger partial charge in [-0.2, -0.15) is 0 Å². The summed E-state index contributed by atoms with van der Waals surface area (Å²) < 4.78 is 0. The molecule has 13 heavy (non-hydrogen) atoms. The lowest BCUT2D eigenvalue weighted by atomic mass is 9.91. The third-order valence-corrected chi connectivity index (χ3v) is 3.26. The molecule has 4 heteroatoms. The summed E-state index contributed by atoms with van der Waals surface area (Å²) >= 11 is 5.71. The van der Waals surface area contributed by atoms with Crippen LogP contribution in [0, 0.1) is 5.92 Å². The molecule has 1 amide bonds.